The van der Waals surface area contributed by atoms with Crippen molar-refractivity contribution in [2.75, 3.05) is 18.5 Å². The summed E-state index contributed by atoms with van der Waals surface area (Å²) < 4.78 is 12.8. The topological polar surface area (TPSA) is 15.3 Å². The minimum atomic E-state index is -0.184. The number of benzene rings is 2. The van der Waals surface area contributed by atoms with Crippen molar-refractivity contribution in [3.63, 3.8) is 0 Å². The molecule has 1 heterocycles. The van der Waals surface area contributed by atoms with Crippen LogP contribution < -0.4 is 10.2 Å². The number of hydrogen-bond acceptors (Lipinski definition) is 2. The summed E-state index contributed by atoms with van der Waals surface area (Å²) in [5.41, 5.74) is 5.20. The van der Waals surface area contributed by atoms with Crippen molar-refractivity contribution in [3.8, 4) is 0 Å². The van der Waals surface area contributed by atoms with Crippen LogP contribution in [0.15, 0.2) is 42.5 Å². The maximum atomic E-state index is 12.8. The number of nitrogens with one attached hydrogen (secondary N) is 1. The first-order valence-electron chi connectivity index (χ1n) is 7.00. The molecule has 20 heavy (non-hydrogen) atoms. The van der Waals surface area contributed by atoms with Crippen LogP contribution >= 0.6 is 0 Å². The number of anilines is 1. The number of likely N-dealkylation sites (N-methyl/N-ethyl adjacent to an activating group) is 1. The summed E-state index contributed by atoms with van der Waals surface area (Å²) in [5, 5.41) is 3.40. The molecule has 2 aromatic carbocycles. The summed E-state index contributed by atoms with van der Waals surface area (Å²) in [7, 11) is 2.14. The van der Waals surface area contributed by atoms with Crippen LogP contribution in [0.5, 0.6) is 0 Å². The lowest BCUT2D eigenvalue weighted by Gasteiger charge is -2.12. The Balaban J connectivity index is 1.58. The molecule has 0 atom stereocenters. The van der Waals surface area contributed by atoms with E-state index in [1.807, 2.05) is 12.1 Å². The van der Waals surface area contributed by atoms with Crippen molar-refractivity contribution >= 4 is 5.69 Å². The highest BCUT2D eigenvalue weighted by Crippen LogP contribution is 2.27. The van der Waals surface area contributed by atoms with Gasteiger partial charge in [0.05, 0.1) is 0 Å². The fourth-order valence-electron chi connectivity index (χ4n) is 2.68. The van der Waals surface area contributed by atoms with E-state index in [0.29, 0.717) is 0 Å². The van der Waals surface area contributed by atoms with Gasteiger partial charge in [0.1, 0.15) is 5.82 Å². The van der Waals surface area contributed by atoms with Crippen LogP contribution in [0.25, 0.3) is 0 Å². The molecule has 0 radical (unpaired) electrons. The summed E-state index contributed by atoms with van der Waals surface area (Å²) in [6, 6.07) is 13.3. The largest absolute Gasteiger partial charge is 0.374 e. The average molecular weight is 270 g/mol. The fourth-order valence-corrected chi connectivity index (χ4v) is 2.68. The van der Waals surface area contributed by atoms with Gasteiger partial charge in [-0.05, 0) is 41.3 Å². The Hall–Kier alpha value is -1.87. The van der Waals surface area contributed by atoms with E-state index in [1.165, 1.54) is 28.9 Å². The van der Waals surface area contributed by atoms with E-state index >= 15 is 0 Å². The van der Waals surface area contributed by atoms with Gasteiger partial charge in [0.15, 0.2) is 0 Å². The molecule has 2 nitrogen and oxygen atoms in total. The maximum Gasteiger partial charge on any atom is 0.123 e. The number of rotatable bonds is 4. The van der Waals surface area contributed by atoms with Crippen molar-refractivity contribution in [1.29, 1.82) is 0 Å². The normalized spacial score (nSPS) is 13.6. The third-order valence-electron chi connectivity index (χ3n) is 3.84. The molecule has 0 spiro atoms. The van der Waals surface area contributed by atoms with Crippen LogP contribution in [0.4, 0.5) is 10.1 Å². The summed E-state index contributed by atoms with van der Waals surface area (Å²) in [4.78, 5) is 2.30. The monoisotopic (exact) mass is 270 g/mol. The number of nitrogens with zero attached hydrogens (tertiary/aromatic N) is 1. The highest BCUT2D eigenvalue weighted by Gasteiger charge is 2.15. The first-order chi connectivity index (χ1) is 9.72. The molecular formula is C17H19FN2. The van der Waals surface area contributed by atoms with Crippen LogP contribution in [0.2, 0.25) is 0 Å². The SMILES string of the molecule is CN1CCc2cc(CNCc3ccc(F)cc3)ccc21. The van der Waals surface area contributed by atoms with Crippen molar-refractivity contribution in [2.45, 2.75) is 19.5 Å². The van der Waals surface area contributed by atoms with E-state index in [-0.39, 0.29) is 5.82 Å². The van der Waals surface area contributed by atoms with Crippen LogP contribution in [0.1, 0.15) is 16.7 Å². The molecule has 0 aliphatic carbocycles. The second kappa shape index (κ2) is 5.63. The third-order valence-corrected chi connectivity index (χ3v) is 3.84. The molecular weight excluding hydrogens is 251 g/mol. The zero-order chi connectivity index (χ0) is 13.9. The minimum absolute atomic E-state index is 0.184. The molecule has 1 aliphatic rings. The summed E-state index contributed by atoms with van der Waals surface area (Å²) in [6.45, 7) is 2.72. The second-order valence-corrected chi connectivity index (χ2v) is 5.36. The van der Waals surface area contributed by atoms with E-state index < -0.39 is 0 Å². The second-order valence-electron chi connectivity index (χ2n) is 5.36. The molecule has 0 unspecified atom stereocenters. The Morgan fingerprint density at radius 1 is 1.05 bits per heavy atom. The first kappa shape index (κ1) is 13.1. The van der Waals surface area contributed by atoms with Gasteiger partial charge < -0.3 is 10.2 Å². The molecule has 0 saturated heterocycles. The predicted octanol–water partition coefficient (Wildman–Crippen LogP) is 3.11. The van der Waals surface area contributed by atoms with E-state index in [2.05, 4.69) is 35.5 Å². The lowest BCUT2D eigenvalue weighted by Crippen LogP contribution is -2.13. The molecule has 3 heteroatoms. The molecule has 0 aromatic heterocycles. The fraction of sp³-hybridized carbons (Fsp3) is 0.294. The van der Waals surface area contributed by atoms with Gasteiger partial charge in [-0.3, -0.25) is 0 Å². The molecule has 0 saturated carbocycles. The standard InChI is InChI=1S/C17H19FN2/c1-20-9-8-15-10-14(4-7-17(15)20)12-19-11-13-2-5-16(18)6-3-13/h2-7,10,19H,8-9,11-12H2,1H3. The lowest BCUT2D eigenvalue weighted by molar-refractivity contribution is 0.625. The quantitative estimate of drug-likeness (QED) is 0.918. The van der Waals surface area contributed by atoms with Gasteiger partial charge >= 0.3 is 0 Å². The molecule has 3 rings (SSSR count). The smallest absolute Gasteiger partial charge is 0.123 e. The molecule has 1 aliphatic heterocycles. The molecule has 104 valence electrons. The Morgan fingerprint density at radius 3 is 2.55 bits per heavy atom. The summed E-state index contributed by atoms with van der Waals surface area (Å²) in [6.07, 6.45) is 1.14. The van der Waals surface area contributed by atoms with Gasteiger partial charge in [0.2, 0.25) is 0 Å². The van der Waals surface area contributed by atoms with Gasteiger partial charge in [0, 0.05) is 32.4 Å². The van der Waals surface area contributed by atoms with E-state index in [4.69, 9.17) is 0 Å². The van der Waals surface area contributed by atoms with Crippen molar-refractivity contribution < 1.29 is 4.39 Å². The van der Waals surface area contributed by atoms with E-state index in [0.717, 1.165) is 31.6 Å². The van der Waals surface area contributed by atoms with Crippen LogP contribution in [-0.2, 0) is 19.5 Å². The molecule has 0 fully saturated rings. The Kier molecular flexibility index (Phi) is 3.70. The van der Waals surface area contributed by atoms with Gasteiger partial charge in [0.25, 0.3) is 0 Å². The Morgan fingerprint density at radius 2 is 1.75 bits per heavy atom. The highest BCUT2D eigenvalue weighted by atomic mass is 19.1. The Bertz CT molecular complexity index is 592. The van der Waals surface area contributed by atoms with Gasteiger partial charge in [-0.15, -0.1) is 0 Å². The molecule has 0 amide bonds. The lowest BCUT2D eigenvalue weighted by atomic mass is 10.1. The maximum absolute atomic E-state index is 12.8. The number of fused-ring (bicyclic) bond motifs is 1. The highest BCUT2D eigenvalue weighted by molar-refractivity contribution is 5.58. The van der Waals surface area contributed by atoms with Gasteiger partial charge in [-0.1, -0.05) is 24.3 Å². The van der Waals surface area contributed by atoms with Crippen LogP contribution in [0, 0.1) is 5.82 Å². The molecule has 2 aromatic rings. The van der Waals surface area contributed by atoms with E-state index in [9.17, 15) is 4.39 Å². The van der Waals surface area contributed by atoms with Gasteiger partial charge in [-0.2, -0.15) is 0 Å². The molecule has 0 bridgehead atoms. The zero-order valence-corrected chi connectivity index (χ0v) is 11.7. The zero-order valence-electron chi connectivity index (χ0n) is 11.7. The average Bonchev–Trinajstić information content (AvgIpc) is 2.82. The predicted molar refractivity (Wildman–Crippen MR) is 80.4 cm³/mol. The van der Waals surface area contributed by atoms with Crippen LogP contribution in [-0.4, -0.2) is 13.6 Å². The Labute approximate surface area is 119 Å². The molecule has 1 N–H and O–H groups in total. The summed E-state index contributed by atoms with van der Waals surface area (Å²) >= 11 is 0. The van der Waals surface area contributed by atoms with E-state index in [1.54, 1.807) is 0 Å². The first-order valence-corrected chi connectivity index (χ1v) is 7.00. The third kappa shape index (κ3) is 2.83. The number of halogens is 1. The van der Waals surface area contributed by atoms with Crippen LogP contribution in [0.3, 0.4) is 0 Å². The van der Waals surface area contributed by atoms with Crippen molar-refractivity contribution in [3.05, 3.63) is 65.0 Å². The van der Waals surface area contributed by atoms with Gasteiger partial charge in [-0.25, -0.2) is 4.39 Å². The summed E-state index contributed by atoms with van der Waals surface area (Å²) in [5.74, 6) is -0.184. The minimum Gasteiger partial charge on any atom is -0.374 e. The van der Waals surface area contributed by atoms with Crippen molar-refractivity contribution in [1.82, 2.24) is 5.32 Å². The number of hydrogen-bond donors (Lipinski definition) is 1. The van der Waals surface area contributed by atoms with Crippen molar-refractivity contribution in [2.24, 2.45) is 0 Å².